The van der Waals surface area contributed by atoms with Gasteiger partial charge >= 0.3 is 6.18 Å². The number of halogens is 4. The molecule has 0 aliphatic rings. The first-order chi connectivity index (χ1) is 8.41. The van der Waals surface area contributed by atoms with Gasteiger partial charge in [-0.3, -0.25) is 0 Å². The molecule has 0 saturated heterocycles. The summed E-state index contributed by atoms with van der Waals surface area (Å²) in [6.07, 6.45) is -4.05. The molecule has 1 aromatic heterocycles. The van der Waals surface area contributed by atoms with Crippen LogP contribution in [0.15, 0.2) is 12.3 Å². The van der Waals surface area contributed by atoms with Gasteiger partial charge < -0.3 is 15.1 Å². The third kappa shape index (κ3) is 3.30. The van der Waals surface area contributed by atoms with Crippen LogP contribution >= 0.6 is 0 Å². The monoisotopic (exact) mass is 268 g/mol. The molecule has 8 heteroatoms. The lowest BCUT2D eigenvalue weighted by atomic mass is 10.2. The van der Waals surface area contributed by atoms with Gasteiger partial charge in [-0.15, -0.1) is 0 Å². The van der Waals surface area contributed by atoms with Gasteiger partial charge in [-0.05, 0) is 6.07 Å². The highest BCUT2D eigenvalue weighted by atomic mass is 19.4. The minimum atomic E-state index is -4.88. The molecule has 0 aliphatic carbocycles. The van der Waals surface area contributed by atoms with Gasteiger partial charge in [-0.25, -0.2) is 9.37 Å². The Morgan fingerprint density at radius 2 is 1.72 bits per heavy atom. The number of anilines is 1. The summed E-state index contributed by atoms with van der Waals surface area (Å²) in [7, 11) is 0. The summed E-state index contributed by atoms with van der Waals surface area (Å²) < 4.78 is 51.0. The fourth-order valence-corrected chi connectivity index (χ4v) is 1.47. The Morgan fingerprint density at radius 1 is 1.17 bits per heavy atom. The van der Waals surface area contributed by atoms with Gasteiger partial charge in [-0.2, -0.15) is 13.2 Å². The third-order valence-corrected chi connectivity index (χ3v) is 2.22. The maximum atomic E-state index is 13.7. The number of alkyl halides is 3. The van der Waals surface area contributed by atoms with Gasteiger partial charge in [0.1, 0.15) is 0 Å². The molecule has 0 atom stereocenters. The minimum Gasteiger partial charge on any atom is -0.395 e. The van der Waals surface area contributed by atoms with E-state index in [-0.39, 0.29) is 32.0 Å². The number of nitrogens with zero attached hydrogens (tertiary/aromatic N) is 2. The first-order valence-corrected chi connectivity index (χ1v) is 5.10. The SMILES string of the molecule is OCCN(CCO)c1ccnc(C(F)(F)F)c1F. The van der Waals surface area contributed by atoms with E-state index in [0.717, 1.165) is 17.2 Å². The molecule has 102 valence electrons. The van der Waals surface area contributed by atoms with Gasteiger partial charge in [0.25, 0.3) is 0 Å². The van der Waals surface area contributed by atoms with Crippen molar-refractivity contribution in [3.8, 4) is 0 Å². The second-order valence-corrected chi connectivity index (χ2v) is 3.42. The van der Waals surface area contributed by atoms with E-state index < -0.39 is 17.7 Å². The van der Waals surface area contributed by atoms with Crippen LogP contribution in [0.25, 0.3) is 0 Å². The van der Waals surface area contributed by atoms with E-state index in [4.69, 9.17) is 10.2 Å². The average Bonchev–Trinajstić information content (AvgIpc) is 2.27. The van der Waals surface area contributed by atoms with Crippen molar-refractivity contribution in [3.63, 3.8) is 0 Å². The first kappa shape index (κ1) is 14.7. The quantitative estimate of drug-likeness (QED) is 0.783. The normalized spacial score (nSPS) is 11.7. The van der Waals surface area contributed by atoms with E-state index in [2.05, 4.69) is 4.98 Å². The lowest BCUT2D eigenvalue weighted by Gasteiger charge is -2.24. The van der Waals surface area contributed by atoms with Gasteiger partial charge in [-0.1, -0.05) is 0 Å². The molecule has 1 aromatic rings. The molecule has 18 heavy (non-hydrogen) atoms. The Bertz CT molecular complexity index is 392. The van der Waals surface area contributed by atoms with Crippen molar-refractivity contribution in [2.24, 2.45) is 0 Å². The number of aliphatic hydroxyl groups is 2. The number of aromatic nitrogens is 1. The first-order valence-electron chi connectivity index (χ1n) is 5.10. The van der Waals surface area contributed by atoms with E-state index in [1.807, 2.05) is 0 Å². The molecule has 0 radical (unpaired) electrons. The number of pyridine rings is 1. The number of aliphatic hydroxyl groups excluding tert-OH is 2. The fourth-order valence-electron chi connectivity index (χ4n) is 1.47. The molecular weight excluding hydrogens is 256 g/mol. The van der Waals surface area contributed by atoms with Crippen LogP contribution < -0.4 is 4.90 Å². The zero-order valence-corrected chi connectivity index (χ0v) is 9.28. The third-order valence-electron chi connectivity index (χ3n) is 2.22. The summed E-state index contributed by atoms with van der Waals surface area (Å²) in [5, 5.41) is 17.5. The molecule has 0 aromatic carbocycles. The number of hydrogen-bond donors (Lipinski definition) is 2. The van der Waals surface area contributed by atoms with Crippen molar-refractivity contribution in [3.05, 3.63) is 23.8 Å². The van der Waals surface area contributed by atoms with Gasteiger partial charge in [0.2, 0.25) is 0 Å². The second-order valence-electron chi connectivity index (χ2n) is 3.42. The van der Waals surface area contributed by atoms with Crippen LogP contribution in [0.2, 0.25) is 0 Å². The Labute approximate surface area is 100 Å². The zero-order valence-electron chi connectivity index (χ0n) is 9.28. The molecule has 1 rings (SSSR count). The molecule has 1 heterocycles. The number of hydrogen-bond acceptors (Lipinski definition) is 4. The summed E-state index contributed by atoms with van der Waals surface area (Å²) in [5.74, 6) is -1.51. The summed E-state index contributed by atoms with van der Waals surface area (Å²) >= 11 is 0. The standard InChI is InChI=1S/C10H12F4N2O2/c11-8-7(16(3-5-17)4-6-18)1-2-15-9(8)10(12,13)14/h1-2,17-18H,3-6H2. The van der Waals surface area contributed by atoms with Crippen LogP contribution in [0.3, 0.4) is 0 Å². The lowest BCUT2D eigenvalue weighted by Crippen LogP contribution is -2.31. The second kappa shape index (κ2) is 5.96. The molecule has 0 aliphatic heterocycles. The average molecular weight is 268 g/mol. The van der Waals surface area contributed by atoms with Gasteiger partial charge in [0, 0.05) is 19.3 Å². The van der Waals surface area contributed by atoms with Gasteiger partial charge in [0.15, 0.2) is 11.5 Å². The smallest absolute Gasteiger partial charge is 0.395 e. The fraction of sp³-hybridized carbons (Fsp3) is 0.500. The minimum absolute atomic E-state index is 0.0845. The highest BCUT2D eigenvalue weighted by molar-refractivity contribution is 5.48. The molecule has 0 saturated carbocycles. The van der Waals surface area contributed by atoms with Crippen LogP contribution in [0.1, 0.15) is 5.69 Å². The Hall–Kier alpha value is -1.41. The number of rotatable bonds is 5. The molecule has 0 spiro atoms. The largest absolute Gasteiger partial charge is 0.436 e. The molecule has 2 N–H and O–H groups in total. The van der Waals surface area contributed by atoms with E-state index >= 15 is 0 Å². The van der Waals surface area contributed by atoms with Crippen molar-refractivity contribution >= 4 is 5.69 Å². The van der Waals surface area contributed by atoms with Crippen LogP contribution in [-0.2, 0) is 6.18 Å². The van der Waals surface area contributed by atoms with Crippen molar-refractivity contribution in [2.75, 3.05) is 31.2 Å². The van der Waals surface area contributed by atoms with Crippen molar-refractivity contribution in [1.82, 2.24) is 4.98 Å². The Kier molecular flexibility index (Phi) is 4.85. The summed E-state index contributed by atoms with van der Waals surface area (Å²) in [5.41, 5.74) is -1.96. The van der Waals surface area contributed by atoms with Crippen LogP contribution in [0.4, 0.5) is 23.2 Å². The molecular formula is C10H12F4N2O2. The van der Waals surface area contributed by atoms with Crippen LogP contribution in [0, 0.1) is 5.82 Å². The summed E-state index contributed by atoms with van der Waals surface area (Å²) in [6.45, 7) is -0.913. The molecule has 0 fully saturated rings. The maximum absolute atomic E-state index is 13.7. The molecule has 0 bridgehead atoms. The Balaban J connectivity index is 3.15. The van der Waals surface area contributed by atoms with Crippen LogP contribution in [0.5, 0.6) is 0 Å². The van der Waals surface area contributed by atoms with Crippen molar-refractivity contribution in [1.29, 1.82) is 0 Å². The summed E-state index contributed by atoms with van der Waals surface area (Å²) in [4.78, 5) is 4.08. The predicted octanol–water partition coefficient (Wildman–Crippen LogP) is 1.03. The van der Waals surface area contributed by atoms with E-state index in [0.29, 0.717) is 0 Å². The Morgan fingerprint density at radius 3 is 2.17 bits per heavy atom. The van der Waals surface area contributed by atoms with Gasteiger partial charge in [0.05, 0.1) is 18.9 Å². The van der Waals surface area contributed by atoms with E-state index in [1.54, 1.807) is 0 Å². The molecule has 0 amide bonds. The highest BCUT2D eigenvalue weighted by Crippen LogP contribution is 2.33. The highest BCUT2D eigenvalue weighted by Gasteiger charge is 2.37. The molecule has 0 unspecified atom stereocenters. The predicted molar refractivity (Wildman–Crippen MR) is 55.6 cm³/mol. The van der Waals surface area contributed by atoms with E-state index in [1.165, 1.54) is 0 Å². The molecule has 4 nitrogen and oxygen atoms in total. The topological polar surface area (TPSA) is 56.6 Å². The summed E-state index contributed by atoms with van der Waals surface area (Å²) in [6, 6.07) is 1.07. The lowest BCUT2D eigenvalue weighted by molar-refractivity contribution is -0.143. The van der Waals surface area contributed by atoms with E-state index in [9.17, 15) is 17.6 Å². The maximum Gasteiger partial charge on any atom is 0.436 e. The van der Waals surface area contributed by atoms with Crippen LogP contribution in [-0.4, -0.2) is 41.5 Å². The zero-order chi connectivity index (χ0) is 13.8. The van der Waals surface area contributed by atoms with Crippen molar-refractivity contribution < 1.29 is 27.8 Å². The van der Waals surface area contributed by atoms with Crippen molar-refractivity contribution in [2.45, 2.75) is 6.18 Å².